The SMILES string of the molecule is O=c1[nH]c(O)c(N=Nc2cc3c(cc2[N+](=O)[O-])OCO3)c(=O)[nH]1. The highest BCUT2D eigenvalue weighted by Gasteiger charge is 2.23. The van der Waals surface area contributed by atoms with Crippen molar-refractivity contribution in [2.45, 2.75) is 0 Å². The number of nitro groups is 1. The van der Waals surface area contributed by atoms with Crippen molar-refractivity contribution in [1.82, 2.24) is 9.97 Å². The van der Waals surface area contributed by atoms with E-state index in [0.29, 0.717) is 0 Å². The molecule has 1 aliphatic heterocycles. The van der Waals surface area contributed by atoms with E-state index in [2.05, 4.69) is 10.2 Å². The van der Waals surface area contributed by atoms with Crippen molar-refractivity contribution < 1.29 is 19.5 Å². The average Bonchev–Trinajstić information content (AvgIpc) is 2.92. The molecule has 0 spiro atoms. The third kappa shape index (κ3) is 2.59. The first-order valence-electron chi connectivity index (χ1n) is 6.01. The van der Waals surface area contributed by atoms with Crippen molar-refractivity contribution in [2.24, 2.45) is 10.2 Å². The Morgan fingerprint density at radius 2 is 1.87 bits per heavy atom. The standard InChI is InChI=1S/C11H7N5O7/c17-9-8(10(18)13-11(19)12-9)15-14-4-1-6-7(23-3-22-6)2-5(4)16(20)21/h1-2H,3H2,(H3,12,13,17,18,19). The summed E-state index contributed by atoms with van der Waals surface area (Å²) >= 11 is 0. The molecule has 2 aromatic rings. The predicted molar refractivity (Wildman–Crippen MR) is 72.7 cm³/mol. The first kappa shape index (κ1) is 14.2. The molecule has 0 aliphatic carbocycles. The van der Waals surface area contributed by atoms with Crippen molar-refractivity contribution in [1.29, 1.82) is 0 Å². The molecule has 0 unspecified atom stereocenters. The highest BCUT2D eigenvalue weighted by molar-refractivity contribution is 5.66. The molecule has 0 saturated carbocycles. The van der Waals surface area contributed by atoms with Crippen LogP contribution in [0.25, 0.3) is 0 Å². The molecule has 2 heterocycles. The van der Waals surface area contributed by atoms with Gasteiger partial charge in [-0.15, -0.1) is 10.2 Å². The topological polar surface area (TPSA) is 172 Å². The van der Waals surface area contributed by atoms with Crippen LogP contribution < -0.4 is 20.7 Å². The molecule has 0 fully saturated rings. The minimum atomic E-state index is -1.00. The Morgan fingerprint density at radius 1 is 1.17 bits per heavy atom. The molecular formula is C11H7N5O7. The van der Waals surface area contributed by atoms with Gasteiger partial charge in [0.15, 0.2) is 17.2 Å². The predicted octanol–water partition coefficient (Wildman–Crippen LogP) is 0.821. The van der Waals surface area contributed by atoms with E-state index < -0.39 is 33.4 Å². The number of nitro benzene ring substituents is 1. The fourth-order valence-corrected chi connectivity index (χ4v) is 1.81. The number of benzene rings is 1. The van der Waals surface area contributed by atoms with E-state index in [1.807, 2.05) is 9.97 Å². The van der Waals surface area contributed by atoms with Gasteiger partial charge in [-0.3, -0.25) is 24.9 Å². The van der Waals surface area contributed by atoms with Crippen LogP contribution in [0.1, 0.15) is 0 Å². The van der Waals surface area contributed by atoms with Gasteiger partial charge in [-0.25, -0.2) is 4.79 Å². The molecule has 0 bridgehead atoms. The molecule has 0 saturated heterocycles. The van der Waals surface area contributed by atoms with Crippen LogP contribution in [-0.4, -0.2) is 26.8 Å². The van der Waals surface area contributed by atoms with Gasteiger partial charge in [0.05, 0.1) is 11.0 Å². The molecule has 0 atom stereocenters. The normalized spacial score (nSPS) is 12.7. The zero-order valence-corrected chi connectivity index (χ0v) is 11.1. The van der Waals surface area contributed by atoms with Crippen molar-refractivity contribution in [2.75, 3.05) is 6.79 Å². The monoisotopic (exact) mass is 321 g/mol. The van der Waals surface area contributed by atoms with E-state index in [1.165, 1.54) is 6.07 Å². The second-order valence-electron chi connectivity index (χ2n) is 4.26. The van der Waals surface area contributed by atoms with Crippen molar-refractivity contribution in [3.05, 3.63) is 43.1 Å². The quantitative estimate of drug-likeness (QED) is 0.426. The summed E-state index contributed by atoms with van der Waals surface area (Å²) in [5.74, 6) is -0.407. The number of ether oxygens (including phenoxy) is 2. The van der Waals surface area contributed by atoms with Gasteiger partial charge in [-0.05, 0) is 0 Å². The molecule has 1 aromatic carbocycles. The minimum Gasteiger partial charge on any atom is -0.493 e. The summed E-state index contributed by atoms with van der Waals surface area (Å²) in [4.78, 5) is 36.5. The van der Waals surface area contributed by atoms with Crippen LogP contribution >= 0.6 is 0 Å². The fourth-order valence-electron chi connectivity index (χ4n) is 1.81. The number of aromatic nitrogens is 2. The molecule has 1 aromatic heterocycles. The summed E-state index contributed by atoms with van der Waals surface area (Å²) in [6.07, 6.45) is 0. The Bertz CT molecular complexity index is 945. The van der Waals surface area contributed by atoms with Gasteiger partial charge in [-0.2, -0.15) is 0 Å². The first-order valence-corrected chi connectivity index (χ1v) is 6.01. The number of fused-ring (bicyclic) bond motifs is 1. The Morgan fingerprint density at radius 3 is 2.52 bits per heavy atom. The summed E-state index contributed by atoms with van der Waals surface area (Å²) in [5, 5.41) is 27.5. The third-order valence-corrected chi connectivity index (χ3v) is 2.82. The minimum absolute atomic E-state index is 0.0898. The van der Waals surface area contributed by atoms with Crippen LogP contribution in [-0.2, 0) is 0 Å². The van der Waals surface area contributed by atoms with E-state index in [4.69, 9.17) is 9.47 Å². The van der Waals surface area contributed by atoms with Gasteiger partial charge >= 0.3 is 11.4 Å². The molecule has 1 aliphatic rings. The second-order valence-corrected chi connectivity index (χ2v) is 4.26. The number of nitrogens with one attached hydrogen (secondary N) is 2. The van der Waals surface area contributed by atoms with Gasteiger partial charge in [0.25, 0.3) is 5.56 Å². The Hall–Kier alpha value is -3.70. The van der Waals surface area contributed by atoms with Gasteiger partial charge in [0, 0.05) is 6.07 Å². The lowest BCUT2D eigenvalue weighted by atomic mass is 10.2. The molecule has 0 amide bonds. The molecule has 12 heteroatoms. The maximum Gasteiger partial charge on any atom is 0.328 e. The van der Waals surface area contributed by atoms with E-state index in [1.54, 1.807) is 0 Å². The molecule has 0 radical (unpaired) electrons. The number of hydrogen-bond donors (Lipinski definition) is 3. The first-order chi connectivity index (χ1) is 11.0. The molecule has 3 rings (SSSR count). The maximum absolute atomic E-state index is 11.5. The lowest BCUT2D eigenvalue weighted by molar-refractivity contribution is -0.384. The van der Waals surface area contributed by atoms with Crippen LogP contribution in [0.4, 0.5) is 17.1 Å². The average molecular weight is 321 g/mol. The largest absolute Gasteiger partial charge is 0.493 e. The highest BCUT2D eigenvalue weighted by atomic mass is 16.7. The molecule has 12 nitrogen and oxygen atoms in total. The summed E-state index contributed by atoms with van der Waals surface area (Å²) < 4.78 is 10.1. The maximum atomic E-state index is 11.5. The zero-order valence-electron chi connectivity index (χ0n) is 11.1. The van der Waals surface area contributed by atoms with E-state index in [0.717, 1.165) is 6.07 Å². The van der Waals surface area contributed by atoms with Gasteiger partial charge in [-0.1, -0.05) is 0 Å². The molecule has 23 heavy (non-hydrogen) atoms. The number of azo groups is 1. The van der Waals surface area contributed by atoms with Gasteiger partial charge in [0.2, 0.25) is 18.4 Å². The van der Waals surface area contributed by atoms with Gasteiger partial charge < -0.3 is 14.6 Å². The second kappa shape index (κ2) is 5.25. The van der Waals surface area contributed by atoms with Gasteiger partial charge in [0.1, 0.15) is 0 Å². The number of nitrogens with zero attached hydrogens (tertiary/aromatic N) is 3. The number of rotatable bonds is 3. The molecular weight excluding hydrogens is 314 g/mol. The summed E-state index contributed by atoms with van der Waals surface area (Å²) in [7, 11) is 0. The Kier molecular flexibility index (Phi) is 3.25. The van der Waals surface area contributed by atoms with E-state index in [-0.39, 0.29) is 24.0 Å². The van der Waals surface area contributed by atoms with Crippen molar-refractivity contribution in [3.63, 3.8) is 0 Å². The van der Waals surface area contributed by atoms with E-state index >= 15 is 0 Å². The number of hydrogen-bond acceptors (Lipinski definition) is 9. The number of aromatic hydroxyl groups is 1. The van der Waals surface area contributed by atoms with Crippen LogP contribution in [0.5, 0.6) is 17.4 Å². The van der Waals surface area contributed by atoms with Crippen LogP contribution in [0, 0.1) is 10.1 Å². The Labute approximate surface area is 125 Å². The summed E-state index contributed by atoms with van der Waals surface area (Å²) in [6.45, 7) is -0.0898. The lowest BCUT2D eigenvalue weighted by Crippen LogP contribution is -2.20. The van der Waals surface area contributed by atoms with Crippen molar-refractivity contribution >= 4 is 17.1 Å². The highest BCUT2D eigenvalue weighted by Crippen LogP contribution is 2.42. The lowest BCUT2D eigenvalue weighted by Gasteiger charge is -2.00. The van der Waals surface area contributed by atoms with Crippen molar-refractivity contribution in [3.8, 4) is 17.4 Å². The molecule has 3 N–H and O–H groups in total. The van der Waals surface area contributed by atoms with Crippen LogP contribution in [0.3, 0.4) is 0 Å². The molecule has 118 valence electrons. The summed E-state index contributed by atoms with van der Waals surface area (Å²) in [6, 6.07) is 2.31. The van der Waals surface area contributed by atoms with Crippen LogP contribution in [0.2, 0.25) is 0 Å². The fraction of sp³-hybridized carbons (Fsp3) is 0.0909. The Balaban J connectivity index is 2.08. The zero-order chi connectivity index (χ0) is 16.6. The summed E-state index contributed by atoms with van der Waals surface area (Å²) in [5.41, 5.74) is -3.18. The number of aromatic amines is 2. The van der Waals surface area contributed by atoms with E-state index in [9.17, 15) is 24.8 Å². The third-order valence-electron chi connectivity index (χ3n) is 2.82. The van der Waals surface area contributed by atoms with Crippen LogP contribution in [0.15, 0.2) is 32.0 Å². The smallest absolute Gasteiger partial charge is 0.328 e. The number of H-pyrrole nitrogens is 2.